The highest BCUT2D eigenvalue weighted by Crippen LogP contribution is 2.40. The van der Waals surface area contributed by atoms with Crippen LogP contribution in [0.4, 0.5) is 0 Å². The van der Waals surface area contributed by atoms with Gasteiger partial charge in [0.25, 0.3) is 0 Å². The lowest BCUT2D eigenvalue weighted by Gasteiger charge is -2.10. The van der Waals surface area contributed by atoms with E-state index in [4.69, 9.17) is 33.1 Å². The van der Waals surface area contributed by atoms with Crippen LogP contribution in [-0.4, -0.2) is 19.5 Å². The largest absolute Gasteiger partial charge is 0.456 e. The first-order valence-electron chi connectivity index (χ1n) is 24.8. The van der Waals surface area contributed by atoms with Crippen LogP contribution in [0.15, 0.2) is 186 Å². The molecule has 11 aromatic rings. The summed E-state index contributed by atoms with van der Waals surface area (Å²) in [6.45, 7) is 0. The normalized spacial score (nSPS) is 15.9. The number of furan rings is 1. The number of para-hydroxylation sites is 1. The van der Waals surface area contributed by atoms with Gasteiger partial charge in [0.2, 0.25) is 0 Å². The van der Waals surface area contributed by atoms with Crippen LogP contribution in [0, 0.1) is 0 Å². The molecule has 252 valence electrons. The number of fused-ring (bicyclic) bond motifs is 7. The molecule has 0 fully saturated rings. The van der Waals surface area contributed by atoms with E-state index in [2.05, 4.69) is 0 Å². The van der Waals surface area contributed by atoms with Crippen LogP contribution >= 0.6 is 0 Å². The number of hydrogen-bond acceptors (Lipinski definition) is 4. The Labute approximate surface area is 332 Å². The van der Waals surface area contributed by atoms with Crippen molar-refractivity contribution in [2.45, 2.75) is 0 Å². The highest BCUT2D eigenvalue weighted by Gasteiger charge is 2.18. The Balaban J connectivity index is 1.18. The summed E-state index contributed by atoms with van der Waals surface area (Å²) in [6.07, 6.45) is 0. The highest BCUT2D eigenvalue weighted by molar-refractivity contribution is 6.15. The molecule has 54 heavy (non-hydrogen) atoms. The summed E-state index contributed by atoms with van der Waals surface area (Å²) >= 11 is 0. The third-order valence-corrected chi connectivity index (χ3v) is 9.20. The number of rotatable bonds is 5. The molecular formula is C49H30N4O. The van der Waals surface area contributed by atoms with Gasteiger partial charge in [-0.3, -0.25) is 0 Å². The van der Waals surface area contributed by atoms with Crippen LogP contribution in [-0.2, 0) is 0 Å². The molecule has 0 spiro atoms. The predicted octanol–water partition coefficient (Wildman–Crippen LogP) is 12.7. The summed E-state index contributed by atoms with van der Waals surface area (Å²) in [5, 5.41) is -1.65. The first-order chi connectivity index (χ1) is 33.4. The van der Waals surface area contributed by atoms with Crippen molar-refractivity contribution in [2.24, 2.45) is 0 Å². The summed E-state index contributed by atoms with van der Waals surface area (Å²) in [5.74, 6) is 1.20. The molecule has 5 nitrogen and oxygen atoms in total. The molecule has 0 saturated carbocycles. The molecule has 0 saturated heterocycles. The second-order valence-corrected chi connectivity index (χ2v) is 12.4. The van der Waals surface area contributed by atoms with Crippen molar-refractivity contribution in [3.63, 3.8) is 0 Å². The van der Waals surface area contributed by atoms with E-state index in [0.717, 1.165) is 15.7 Å². The number of nitrogens with zero attached hydrogens (tertiary/aromatic N) is 4. The van der Waals surface area contributed by atoms with Crippen LogP contribution in [0.2, 0.25) is 0 Å². The standard InChI is InChI=1S/C49H30N4O/c1-3-12-32(13-4-1)47-50-48(33-14-5-2-6-15-33)52-49(51-47)34-24-22-31(23-25-34)38-19-11-21-44-46(38)40-27-26-37(30-45(40)54-44)53-42-20-10-9-18-39(42)41-28-35-16-7-8-17-36(35)29-43(41)53/h1-30H/i7D,8D,9D,10D,11D,16D,17D,18D,19D,20D,21D,26D,27D,28D,29D,30D. The minimum absolute atomic E-state index is 0.0223. The van der Waals surface area contributed by atoms with Crippen LogP contribution in [0.1, 0.15) is 21.9 Å². The Morgan fingerprint density at radius 1 is 0.444 bits per heavy atom. The summed E-state index contributed by atoms with van der Waals surface area (Å²) in [7, 11) is 0. The average molecular weight is 707 g/mol. The summed E-state index contributed by atoms with van der Waals surface area (Å²) in [6, 6.07) is 15.2. The van der Waals surface area contributed by atoms with E-state index in [9.17, 15) is 8.22 Å². The van der Waals surface area contributed by atoms with Crippen molar-refractivity contribution in [2.75, 3.05) is 0 Å². The molecule has 0 bridgehead atoms. The molecular weight excluding hydrogens is 661 g/mol. The van der Waals surface area contributed by atoms with Crippen molar-refractivity contribution >= 4 is 54.5 Å². The molecule has 0 N–H and O–H groups in total. The van der Waals surface area contributed by atoms with Gasteiger partial charge in [0.15, 0.2) is 17.5 Å². The maximum absolute atomic E-state index is 9.70. The maximum Gasteiger partial charge on any atom is 0.164 e. The third-order valence-electron chi connectivity index (χ3n) is 9.20. The zero-order valence-corrected chi connectivity index (χ0v) is 27.8. The molecule has 8 aromatic carbocycles. The smallest absolute Gasteiger partial charge is 0.164 e. The molecule has 5 heteroatoms. The fraction of sp³-hybridized carbons (Fsp3) is 0. The predicted molar refractivity (Wildman–Crippen MR) is 221 cm³/mol. The Hall–Kier alpha value is -7.37. The van der Waals surface area contributed by atoms with Crippen molar-refractivity contribution in [3.8, 4) is 51.0 Å². The molecule has 0 aliphatic carbocycles. The number of benzene rings is 8. The molecule has 0 atom stereocenters. The van der Waals surface area contributed by atoms with Crippen LogP contribution in [0.5, 0.6) is 0 Å². The molecule has 0 aliphatic rings. The first kappa shape index (κ1) is 18.4. The van der Waals surface area contributed by atoms with Gasteiger partial charge in [0.05, 0.1) is 33.0 Å². The molecule has 3 heterocycles. The fourth-order valence-corrected chi connectivity index (χ4v) is 6.69. The van der Waals surface area contributed by atoms with E-state index in [0.29, 0.717) is 28.6 Å². The van der Waals surface area contributed by atoms with E-state index < -0.39 is 124 Å². The lowest BCUT2D eigenvalue weighted by Crippen LogP contribution is -2.00. The summed E-state index contributed by atoms with van der Waals surface area (Å²) in [4.78, 5) is 14.3. The van der Waals surface area contributed by atoms with Gasteiger partial charge in [0.1, 0.15) is 11.2 Å². The summed E-state index contributed by atoms with van der Waals surface area (Å²) < 4.78 is 151. The van der Waals surface area contributed by atoms with Gasteiger partial charge in [0, 0.05) is 50.0 Å². The highest BCUT2D eigenvalue weighted by atomic mass is 16.3. The lowest BCUT2D eigenvalue weighted by molar-refractivity contribution is 0.668. The van der Waals surface area contributed by atoms with Gasteiger partial charge in [-0.25, -0.2) is 15.0 Å². The zero-order valence-electron chi connectivity index (χ0n) is 43.8. The number of hydrogen-bond donors (Lipinski definition) is 0. The molecule has 0 radical (unpaired) electrons. The van der Waals surface area contributed by atoms with Crippen molar-refractivity contribution in [1.82, 2.24) is 19.5 Å². The van der Waals surface area contributed by atoms with Gasteiger partial charge in [-0.1, -0.05) is 139 Å². The van der Waals surface area contributed by atoms with Gasteiger partial charge >= 0.3 is 0 Å². The van der Waals surface area contributed by atoms with E-state index in [1.807, 2.05) is 60.7 Å². The SMILES string of the molecule is [2H]c1c([2H])c(-c2ccc(-c3nc(-c4ccccc4)nc(-c4ccccc4)n3)cc2)c2c(oc3c([2H])c(-n4c5c([2H])c([2H])c([2H])c([2H])c5c5c([2H])c6c([2H])c([2H])c([2H])c([2H])c6c([2H])c54)c([2H])c([2H])c32)c1[2H]. The van der Waals surface area contributed by atoms with Gasteiger partial charge < -0.3 is 8.98 Å². The van der Waals surface area contributed by atoms with Gasteiger partial charge in [-0.05, 0) is 58.2 Å². The number of aromatic nitrogens is 4. The molecule has 0 amide bonds. The van der Waals surface area contributed by atoms with E-state index >= 15 is 0 Å². The minimum Gasteiger partial charge on any atom is -0.456 e. The summed E-state index contributed by atoms with van der Waals surface area (Å²) in [5.41, 5.74) is 0.458. The molecule has 0 unspecified atom stereocenters. The van der Waals surface area contributed by atoms with Crippen molar-refractivity contribution in [1.29, 1.82) is 0 Å². The Morgan fingerprint density at radius 2 is 1.06 bits per heavy atom. The van der Waals surface area contributed by atoms with Crippen LogP contribution in [0.3, 0.4) is 0 Å². The second kappa shape index (κ2) is 12.1. The van der Waals surface area contributed by atoms with Crippen LogP contribution < -0.4 is 0 Å². The van der Waals surface area contributed by atoms with E-state index in [-0.39, 0.29) is 38.1 Å². The molecule has 11 rings (SSSR count). The lowest BCUT2D eigenvalue weighted by atomic mass is 9.98. The molecule has 3 aromatic heterocycles. The fourth-order valence-electron chi connectivity index (χ4n) is 6.69. The van der Waals surface area contributed by atoms with Crippen molar-refractivity contribution < 1.29 is 26.3 Å². The Bertz CT molecular complexity index is 4070. The topological polar surface area (TPSA) is 56.7 Å². The van der Waals surface area contributed by atoms with Gasteiger partial charge in [-0.2, -0.15) is 0 Å². The third kappa shape index (κ3) is 4.90. The monoisotopic (exact) mass is 706 g/mol. The minimum atomic E-state index is -0.744. The van der Waals surface area contributed by atoms with E-state index in [1.54, 1.807) is 24.3 Å². The van der Waals surface area contributed by atoms with Crippen LogP contribution in [0.25, 0.3) is 105 Å². The Morgan fingerprint density at radius 3 is 1.76 bits per heavy atom. The molecule has 0 aliphatic heterocycles. The van der Waals surface area contributed by atoms with E-state index in [1.165, 1.54) is 0 Å². The van der Waals surface area contributed by atoms with Gasteiger partial charge in [-0.15, -0.1) is 0 Å². The first-order valence-corrected chi connectivity index (χ1v) is 16.8. The quantitative estimate of drug-likeness (QED) is 0.179. The zero-order chi connectivity index (χ0) is 49.5. The van der Waals surface area contributed by atoms with Crippen molar-refractivity contribution in [3.05, 3.63) is 182 Å². The Kier molecular flexibility index (Phi) is 4.13. The average Bonchev–Trinajstić information content (AvgIpc) is 3.95. The maximum atomic E-state index is 9.70. The second-order valence-electron chi connectivity index (χ2n) is 12.4.